The van der Waals surface area contributed by atoms with E-state index in [9.17, 15) is 19.4 Å². The van der Waals surface area contributed by atoms with E-state index >= 15 is 0 Å². The molecule has 0 radical (unpaired) electrons. The first-order chi connectivity index (χ1) is 17.9. The Bertz CT molecular complexity index is 1510. The van der Waals surface area contributed by atoms with Crippen LogP contribution in [0.25, 0.3) is 10.9 Å². The summed E-state index contributed by atoms with van der Waals surface area (Å²) in [5, 5.41) is 26.1. The fourth-order valence-electron chi connectivity index (χ4n) is 4.82. The van der Waals surface area contributed by atoms with Crippen molar-refractivity contribution in [2.24, 2.45) is 0 Å². The largest absolute Gasteiger partial charge is 0.505 e. The summed E-state index contributed by atoms with van der Waals surface area (Å²) in [5.74, 6) is -0.0143. The van der Waals surface area contributed by atoms with Crippen molar-refractivity contribution in [2.45, 2.75) is 19.2 Å². The van der Waals surface area contributed by atoms with Gasteiger partial charge in [0.2, 0.25) is 0 Å². The molecule has 1 aliphatic rings. The van der Waals surface area contributed by atoms with Gasteiger partial charge in [-0.05, 0) is 47.9 Å². The molecule has 190 valence electrons. The number of pyridine rings is 1. The Morgan fingerprint density at radius 1 is 1.08 bits per heavy atom. The number of nitrogens with zero attached hydrogens (tertiary/aromatic N) is 2. The second kappa shape index (κ2) is 9.59. The molecular formula is C28H26FN3O5. The molecule has 1 amide bonds. The number of aliphatic hydroxyl groups excluding tert-OH is 1. The number of aromatic hydroxyl groups is 1. The molecule has 1 unspecified atom stereocenters. The van der Waals surface area contributed by atoms with Crippen LogP contribution in [0, 0.1) is 5.82 Å². The number of amides is 1. The van der Waals surface area contributed by atoms with Crippen LogP contribution in [0.5, 0.6) is 17.2 Å². The SMILES string of the molecule is CNc1c2c(c(O)c3ncc(Cc4ccc(F)cc4)cc13)C(=O)N(Cc1ccc(OC)cc1OC)C2O. The van der Waals surface area contributed by atoms with Crippen LogP contribution in [0.3, 0.4) is 0 Å². The van der Waals surface area contributed by atoms with Gasteiger partial charge in [0, 0.05) is 35.8 Å². The van der Waals surface area contributed by atoms with E-state index < -0.39 is 12.1 Å². The molecule has 2 heterocycles. The van der Waals surface area contributed by atoms with E-state index in [1.807, 2.05) is 6.07 Å². The highest BCUT2D eigenvalue weighted by Crippen LogP contribution is 2.47. The van der Waals surface area contributed by atoms with Crippen LogP contribution < -0.4 is 14.8 Å². The van der Waals surface area contributed by atoms with Crippen molar-refractivity contribution in [2.75, 3.05) is 26.6 Å². The second-order valence-corrected chi connectivity index (χ2v) is 8.79. The average molecular weight is 504 g/mol. The zero-order chi connectivity index (χ0) is 26.3. The minimum absolute atomic E-state index is 0.00983. The number of aliphatic hydroxyl groups is 1. The maximum absolute atomic E-state index is 13.5. The van der Waals surface area contributed by atoms with Gasteiger partial charge < -0.3 is 29.9 Å². The number of carbonyl (C=O) groups excluding carboxylic acids is 1. The van der Waals surface area contributed by atoms with E-state index in [4.69, 9.17) is 9.47 Å². The highest BCUT2D eigenvalue weighted by atomic mass is 19.1. The third-order valence-electron chi connectivity index (χ3n) is 6.65. The summed E-state index contributed by atoms with van der Waals surface area (Å²) in [7, 11) is 4.75. The molecule has 0 fully saturated rings. The standard InChI is InChI=1S/C28H26FN3O5/c1-30-24-20-11-16(10-15-4-7-18(29)8-5-15)13-31-25(20)26(33)23-22(24)27(34)32(28(23)35)14-17-6-9-19(36-2)12-21(17)37-3/h4-9,11-13,27,30,33-34H,10,14H2,1-3H3. The van der Waals surface area contributed by atoms with Gasteiger partial charge in [0.15, 0.2) is 12.0 Å². The number of ether oxygens (including phenoxy) is 2. The first kappa shape index (κ1) is 24.3. The maximum Gasteiger partial charge on any atom is 0.260 e. The highest BCUT2D eigenvalue weighted by molar-refractivity contribution is 6.11. The molecule has 0 aliphatic carbocycles. The molecule has 1 atom stereocenters. The normalized spacial score (nSPS) is 14.7. The van der Waals surface area contributed by atoms with Crippen LogP contribution in [0.4, 0.5) is 10.1 Å². The zero-order valence-corrected chi connectivity index (χ0v) is 20.6. The van der Waals surface area contributed by atoms with Gasteiger partial charge in [-0.3, -0.25) is 9.78 Å². The summed E-state index contributed by atoms with van der Waals surface area (Å²) in [5.41, 5.74) is 3.43. The summed E-state index contributed by atoms with van der Waals surface area (Å²) < 4.78 is 24.0. The maximum atomic E-state index is 13.5. The smallest absolute Gasteiger partial charge is 0.260 e. The number of carbonyl (C=O) groups is 1. The van der Waals surface area contributed by atoms with Crippen LogP contribution in [0.2, 0.25) is 0 Å². The number of aromatic nitrogens is 1. The molecule has 1 aliphatic heterocycles. The van der Waals surface area contributed by atoms with E-state index in [0.29, 0.717) is 34.6 Å². The van der Waals surface area contributed by atoms with E-state index in [2.05, 4.69) is 10.3 Å². The minimum Gasteiger partial charge on any atom is -0.505 e. The number of fused-ring (bicyclic) bond motifs is 2. The lowest BCUT2D eigenvalue weighted by molar-refractivity contribution is 0.0138. The van der Waals surface area contributed by atoms with Gasteiger partial charge in [-0.1, -0.05) is 12.1 Å². The van der Waals surface area contributed by atoms with E-state index in [1.165, 1.54) is 24.1 Å². The van der Waals surface area contributed by atoms with E-state index in [1.54, 1.807) is 50.7 Å². The predicted octanol–water partition coefficient (Wildman–Crippen LogP) is 4.38. The molecule has 1 aromatic heterocycles. The number of halogens is 1. The molecular weight excluding hydrogens is 477 g/mol. The van der Waals surface area contributed by atoms with Crippen molar-refractivity contribution in [3.63, 3.8) is 0 Å². The predicted molar refractivity (Wildman–Crippen MR) is 137 cm³/mol. The molecule has 0 saturated carbocycles. The Hall–Kier alpha value is -4.37. The van der Waals surface area contributed by atoms with Gasteiger partial charge in [-0.2, -0.15) is 0 Å². The number of hydrogen-bond donors (Lipinski definition) is 3. The number of hydrogen-bond acceptors (Lipinski definition) is 7. The zero-order valence-electron chi connectivity index (χ0n) is 20.6. The Balaban J connectivity index is 1.56. The number of phenolic OH excluding ortho intramolecular Hbond substituents is 1. The Morgan fingerprint density at radius 3 is 2.51 bits per heavy atom. The van der Waals surface area contributed by atoms with Crippen LogP contribution in [0.1, 0.15) is 38.8 Å². The van der Waals surface area contributed by atoms with Crippen LogP contribution >= 0.6 is 0 Å². The van der Waals surface area contributed by atoms with E-state index in [-0.39, 0.29) is 34.8 Å². The lowest BCUT2D eigenvalue weighted by Crippen LogP contribution is -2.27. The lowest BCUT2D eigenvalue weighted by Gasteiger charge is -2.23. The van der Waals surface area contributed by atoms with Gasteiger partial charge in [0.25, 0.3) is 5.91 Å². The number of nitrogens with one attached hydrogen (secondary N) is 1. The van der Waals surface area contributed by atoms with Crippen molar-refractivity contribution in [1.82, 2.24) is 9.88 Å². The number of rotatable bonds is 7. The molecule has 37 heavy (non-hydrogen) atoms. The van der Waals surface area contributed by atoms with E-state index in [0.717, 1.165) is 11.1 Å². The quantitative estimate of drug-likeness (QED) is 0.322. The van der Waals surface area contributed by atoms with Crippen molar-refractivity contribution >= 4 is 22.5 Å². The molecule has 0 bridgehead atoms. The van der Waals surface area contributed by atoms with Crippen molar-refractivity contribution in [1.29, 1.82) is 0 Å². The molecule has 4 aromatic rings. The van der Waals surface area contributed by atoms with Gasteiger partial charge in [0.05, 0.1) is 32.0 Å². The number of anilines is 1. The Kier molecular flexibility index (Phi) is 6.31. The molecule has 3 aromatic carbocycles. The third kappa shape index (κ3) is 4.17. The van der Waals surface area contributed by atoms with Crippen LogP contribution in [-0.4, -0.2) is 47.3 Å². The average Bonchev–Trinajstić information content (AvgIpc) is 3.15. The summed E-state index contributed by atoms with van der Waals surface area (Å²) in [4.78, 5) is 19.2. The van der Waals surface area contributed by atoms with Gasteiger partial charge in [-0.25, -0.2) is 4.39 Å². The van der Waals surface area contributed by atoms with Crippen LogP contribution in [0.15, 0.2) is 54.7 Å². The van der Waals surface area contributed by atoms with Crippen LogP contribution in [-0.2, 0) is 13.0 Å². The first-order valence-electron chi connectivity index (χ1n) is 11.7. The molecule has 3 N–H and O–H groups in total. The minimum atomic E-state index is -1.31. The van der Waals surface area contributed by atoms with Gasteiger partial charge in [-0.15, -0.1) is 0 Å². The first-order valence-corrected chi connectivity index (χ1v) is 11.7. The fraction of sp³-hybridized carbons (Fsp3) is 0.214. The molecule has 9 heteroatoms. The van der Waals surface area contributed by atoms with Crippen molar-refractivity contribution in [3.8, 4) is 17.2 Å². The molecule has 0 saturated heterocycles. The molecule has 8 nitrogen and oxygen atoms in total. The number of benzene rings is 3. The topological polar surface area (TPSA) is 104 Å². The van der Waals surface area contributed by atoms with Gasteiger partial charge in [0.1, 0.15) is 22.8 Å². The monoisotopic (exact) mass is 503 g/mol. The fourth-order valence-corrected chi connectivity index (χ4v) is 4.82. The van der Waals surface area contributed by atoms with Crippen molar-refractivity contribution in [3.05, 3.63) is 88.4 Å². The third-order valence-corrected chi connectivity index (χ3v) is 6.65. The summed E-state index contributed by atoms with van der Waals surface area (Å²) in [6.45, 7) is 0.0457. The number of methoxy groups -OCH3 is 2. The highest BCUT2D eigenvalue weighted by Gasteiger charge is 2.41. The summed E-state index contributed by atoms with van der Waals surface area (Å²) in [6.07, 6.45) is 0.801. The lowest BCUT2D eigenvalue weighted by atomic mass is 9.98. The Morgan fingerprint density at radius 2 is 1.84 bits per heavy atom. The summed E-state index contributed by atoms with van der Waals surface area (Å²) in [6, 6.07) is 13.3. The second-order valence-electron chi connectivity index (χ2n) is 8.79. The Labute approximate surface area is 212 Å². The molecule has 5 rings (SSSR count). The molecule has 0 spiro atoms. The number of phenols is 1. The summed E-state index contributed by atoms with van der Waals surface area (Å²) >= 11 is 0. The van der Waals surface area contributed by atoms with Crippen molar-refractivity contribution < 1.29 is 28.9 Å². The van der Waals surface area contributed by atoms with Gasteiger partial charge >= 0.3 is 0 Å².